The normalized spacial score (nSPS) is 10.3. The monoisotopic (exact) mass is 137 g/mol. The average molecular weight is 137 g/mol. The molecule has 10 heavy (non-hydrogen) atoms. The summed E-state index contributed by atoms with van der Waals surface area (Å²) in [6.07, 6.45) is 2.40. The second-order valence-corrected chi connectivity index (χ2v) is 2.86. The third-order valence-electron chi connectivity index (χ3n) is 1.76. The van der Waals surface area contributed by atoms with Crippen molar-refractivity contribution in [2.24, 2.45) is 0 Å². The lowest BCUT2D eigenvalue weighted by molar-refractivity contribution is 0.880. The number of rotatable bonds is 2. The fourth-order valence-corrected chi connectivity index (χ4v) is 1.29. The van der Waals surface area contributed by atoms with Gasteiger partial charge in [-0.25, -0.2) is 0 Å². The van der Waals surface area contributed by atoms with Gasteiger partial charge in [0.2, 0.25) is 0 Å². The van der Waals surface area contributed by atoms with E-state index in [9.17, 15) is 0 Å². The molecule has 1 nitrogen and oxygen atoms in total. The first-order chi connectivity index (χ1) is 4.74. The topological polar surface area (TPSA) is 15.8 Å². The Labute approximate surface area is 62.5 Å². The van der Waals surface area contributed by atoms with Gasteiger partial charge in [0.25, 0.3) is 0 Å². The predicted molar refractivity (Wildman–Crippen MR) is 44.3 cm³/mol. The van der Waals surface area contributed by atoms with Crippen molar-refractivity contribution < 1.29 is 0 Å². The largest absolute Gasteiger partial charge is 0.362 e. The summed E-state index contributed by atoms with van der Waals surface area (Å²) in [6.45, 7) is 6.47. The second kappa shape index (κ2) is 2.91. The van der Waals surface area contributed by atoms with E-state index in [1.54, 1.807) is 0 Å². The molecule has 0 fully saturated rings. The second-order valence-electron chi connectivity index (χ2n) is 2.86. The molecule has 0 amide bonds. The molecule has 0 aromatic carbocycles. The van der Waals surface area contributed by atoms with Crippen LogP contribution in [0.15, 0.2) is 6.07 Å². The molecule has 1 aromatic rings. The Hall–Kier alpha value is -0.720. The van der Waals surface area contributed by atoms with Crippen LogP contribution in [-0.2, 0) is 6.42 Å². The van der Waals surface area contributed by atoms with Crippen molar-refractivity contribution in [1.29, 1.82) is 0 Å². The van der Waals surface area contributed by atoms with Crippen molar-refractivity contribution in [3.8, 4) is 0 Å². The molecule has 0 atom stereocenters. The highest BCUT2D eigenvalue weighted by molar-refractivity contribution is 5.23. The molecular formula is C9H15N. The average Bonchev–Trinajstić information content (AvgIpc) is 2.13. The lowest BCUT2D eigenvalue weighted by Crippen LogP contribution is -1.85. The van der Waals surface area contributed by atoms with Crippen LogP contribution in [0.25, 0.3) is 0 Å². The quantitative estimate of drug-likeness (QED) is 0.645. The van der Waals surface area contributed by atoms with Crippen LogP contribution in [0.2, 0.25) is 0 Å². The van der Waals surface area contributed by atoms with Gasteiger partial charge in [-0.1, -0.05) is 13.3 Å². The van der Waals surface area contributed by atoms with Gasteiger partial charge in [-0.2, -0.15) is 0 Å². The third kappa shape index (κ3) is 1.41. The highest BCUT2D eigenvalue weighted by Crippen LogP contribution is 2.10. The number of aromatic nitrogens is 1. The molecule has 0 aliphatic heterocycles. The molecule has 1 rings (SSSR count). The highest BCUT2D eigenvalue weighted by Gasteiger charge is 1.98. The zero-order valence-corrected chi connectivity index (χ0v) is 6.99. The molecule has 1 heteroatoms. The van der Waals surface area contributed by atoms with Crippen LogP contribution < -0.4 is 0 Å². The predicted octanol–water partition coefficient (Wildman–Crippen LogP) is 2.58. The first-order valence-corrected chi connectivity index (χ1v) is 3.89. The minimum absolute atomic E-state index is 1.18. The maximum absolute atomic E-state index is 3.35. The Balaban J connectivity index is 2.81. The lowest BCUT2D eigenvalue weighted by atomic mass is 10.2. The Morgan fingerprint density at radius 3 is 2.50 bits per heavy atom. The van der Waals surface area contributed by atoms with E-state index in [0.29, 0.717) is 0 Å². The van der Waals surface area contributed by atoms with Crippen molar-refractivity contribution in [1.82, 2.24) is 4.98 Å². The molecule has 0 aliphatic carbocycles. The van der Waals surface area contributed by atoms with E-state index in [1.807, 2.05) is 0 Å². The van der Waals surface area contributed by atoms with Gasteiger partial charge in [-0.3, -0.25) is 0 Å². The minimum Gasteiger partial charge on any atom is -0.362 e. The Bertz CT molecular complexity index is 211. The van der Waals surface area contributed by atoms with Crippen molar-refractivity contribution in [3.05, 3.63) is 23.0 Å². The Morgan fingerprint density at radius 1 is 1.40 bits per heavy atom. The third-order valence-corrected chi connectivity index (χ3v) is 1.76. The fraction of sp³-hybridized carbons (Fsp3) is 0.556. The number of hydrogen-bond donors (Lipinski definition) is 1. The van der Waals surface area contributed by atoms with E-state index in [1.165, 1.54) is 29.8 Å². The zero-order chi connectivity index (χ0) is 7.56. The summed E-state index contributed by atoms with van der Waals surface area (Å²) < 4.78 is 0. The van der Waals surface area contributed by atoms with Gasteiger partial charge in [-0.15, -0.1) is 0 Å². The molecule has 0 aliphatic rings. The highest BCUT2D eigenvalue weighted by atomic mass is 14.7. The van der Waals surface area contributed by atoms with Crippen LogP contribution in [-0.4, -0.2) is 4.98 Å². The molecule has 0 spiro atoms. The van der Waals surface area contributed by atoms with Gasteiger partial charge >= 0.3 is 0 Å². The molecule has 1 aromatic heterocycles. The molecule has 0 unspecified atom stereocenters. The maximum Gasteiger partial charge on any atom is 0.0178 e. The SMILES string of the molecule is CCCc1[nH]c(C)cc1C. The van der Waals surface area contributed by atoms with E-state index in [0.717, 1.165) is 0 Å². The first kappa shape index (κ1) is 7.39. The van der Waals surface area contributed by atoms with E-state index in [2.05, 4.69) is 31.8 Å². The van der Waals surface area contributed by atoms with Crippen molar-refractivity contribution >= 4 is 0 Å². The van der Waals surface area contributed by atoms with Gasteiger partial charge in [-0.05, 0) is 31.9 Å². The van der Waals surface area contributed by atoms with E-state index in [-0.39, 0.29) is 0 Å². The summed E-state index contributed by atoms with van der Waals surface area (Å²) in [5, 5.41) is 0. The Morgan fingerprint density at radius 2 is 2.10 bits per heavy atom. The summed E-state index contributed by atoms with van der Waals surface area (Å²) >= 11 is 0. The van der Waals surface area contributed by atoms with Crippen LogP contribution in [0.3, 0.4) is 0 Å². The van der Waals surface area contributed by atoms with Crippen molar-refractivity contribution in [3.63, 3.8) is 0 Å². The summed E-state index contributed by atoms with van der Waals surface area (Å²) in [7, 11) is 0. The van der Waals surface area contributed by atoms with E-state index < -0.39 is 0 Å². The van der Waals surface area contributed by atoms with Gasteiger partial charge in [0, 0.05) is 11.4 Å². The van der Waals surface area contributed by atoms with Gasteiger partial charge in [0.1, 0.15) is 0 Å². The molecule has 1 N–H and O–H groups in total. The maximum atomic E-state index is 3.35. The van der Waals surface area contributed by atoms with Crippen molar-refractivity contribution in [2.45, 2.75) is 33.6 Å². The van der Waals surface area contributed by atoms with Crippen molar-refractivity contribution in [2.75, 3.05) is 0 Å². The molecule has 1 heterocycles. The van der Waals surface area contributed by atoms with Crippen LogP contribution in [0.5, 0.6) is 0 Å². The number of H-pyrrole nitrogens is 1. The van der Waals surface area contributed by atoms with E-state index in [4.69, 9.17) is 0 Å². The number of aryl methyl sites for hydroxylation is 3. The summed E-state index contributed by atoms with van der Waals surface area (Å²) in [4.78, 5) is 3.35. The summed E-state index contributed by atoms with van der Waals surface area (Å²) in [5.41, 5.74) is 4.08. The molecule has 0 saturated carbocycles. The summed E-state index contributed by atoms with van der Waals surface area (Å²) in [6, 6.07) is 2.20. The smallest absolute Gasteiger partial charge is 0.0178 e. The van der Waals surface area contributed by atoms with Crippen LogP contribution >= 0.6 is 0 Å². The first-order valence-electron chi connectivity index (χ1n) is 3.89. The fourth-order valence-electron chi connectivity index (χ4n) is 1.29. The van der Waals surface area contributed by atoms with Gasteiger partial charge in [0.15, 0.2) is 0 Å². The number of aromatic amines is 1. The lowest BCUT2D eigenvalue weighted by Gasteiger charge is -1.94. The van der Waals surface area contributed by atoms with Crippen LogP contribution in [0.1, 0.15) is 30.3 Å². The molecular weight excluding hydrogens is 122 g/mol. The Kier molecular flexibility index (Phi) is 2.15. The van der Waals surface area contributed by atoms with Crippen LogP contribution in [0.4, 0.5) is 0 Å². The number of hydrogen-bond acceptors (Lipinski definition) is 0. The molecule has 0 saturated heterocycles. The van der Waals surface area contributed by atoms with E-state index >= 15 is 0 Å². The van der Waals surface area contributed by atoms with Gasteiger partial charge in [0.05, 0.1) is 0 Å². The minimum atomic E-state index is 1.18. The van der Waals surface area contributed by atoms with Crippen LogP contribution in [0, 0.1) is 13.8 Å². The molecule has 56 valence electrons. The summed E-state index contributed by atoms with van der Waals surface area (Å²) in [5.74, 6) is 0. The molecule has 0 radical (unpaired) electrons. The molecule has 0 bridgehead atoms. The number of nitrogens with one attached hydrogen (secondary N) is 1. The zero-order valence-electron chi connectivity index (χ0n) is 6.99. The standard InChI is InChI=1S/C9H15N/c1-4-5-9-7(2)6-8(3)10-9/h6,10H,4-5H2,1-3H3. The van der Waals surface area contributed by atoms with Gasteiger partial charge < -0.3 is 4.98 Å².